The van der Waals surface area contributed by atoms with E-state index in [1.165, 1.54) is 0 Å². The molecule has 0 fully saturated rings. The van der Waals surface area contributed by atoms with E-state index in [0.29, 0.717) is 42.8 Å². The minimum atomic E-state index is -0.0629. The lowest BCUT2D eigenvalue weighted by atomic mass is 10.2. The first kappa shape index (κ1) is 21.5. The van der Waals surface area contributed by atoms with Crippen molar-refractivity contribution < 1.29 is 14.3 Å². The minimum absolute atomic E-state index is 0.0629. The van der Waals surface area contributed by atoms with E-state index in [0.717, 1.165) is 16.8 Å². The standard InChI is InChI=1S/C23H24ClN3O3/c1-29-21-8-7-19(24)14-20(21)25-12-10-22(28)27-15-18-9-11-26-23(13-18)30-16-17-5-3-2-4-6-17/h2-9,11,13-14,25H,10,12,15-16H2,1H3,(H,27,28). The lowest BCUT2D eigenvalue weighted by Crippen LogP contribution is -2.25. The molecule has 1 heterocycles. The maximum Gasteiger partial charge on any atom is 0.222 e. The molecule has 2 aromatic carbocycles. The third-order valence-corrected chi connectivity index (χ3v) is 4.58. The number of nitrogens with zero attached hydrogens (tertiary/aromatic N) is 1. The van der Waals surface area contributed by atoms with Gasteiger partial charge in [0.15, 0.2) is 0 Å². The fourth-order valence-corrected chi connectivity index (χ4v) is 2.96. The van der Waals surface area contributed by atoms with Crippen molar-refractivity contribution >= 4 is 23.2 Å². The normalized spacial score (nSPS) is 10.3. The molecule has 0 atom stereocenters. The maximum absolute atomic E-state index is 12.2. The number of hydrogen-bond donors (Lipinski definition) is 2. The molecule has 6 nitrogen and oxygen atoms in total. The first-order valence-electron chi connectivity index (χ1n) is 9.60. The van der Waals surface area contributed by atoms with E-state index in [4.69, 9.17) is 21.1 Å². The zero-order valence-electron chi connectivity index (χ0n) is 16.7. The summed E-state index contributed by atoms with van der Waals surface area (Å²) in [6, 6.07) is 18.9. The van der Waals surface area contributed by atoms with Crippen LogP contribution in [-0.4, -0.2) is 24.5 Å². The second-order valence-corrected chi connectivity index (χ2v) is 7.01. The Morgan fingerprint density at radius 3 is 2.70 bits per heavy atom. The Morgan fingerprint density at radius 1 is 1.07 bits per heavy atom. The highest BCUT2D eigenvalue weighted by molar-refractivity contribution is 6.30. The van der Waals surface area contributed by atoms with Gasteiger partial charge in [0, 0.05) is 36.8 Å². The molecular weight excluding hydrogens is 402 g/mol. The molecule has 2 N–H and O–H groups in total. The highest BCUT2D eigenvalue weighted by atomic mass is 35.5. The fraction of sp³-hybridized carbons (Fsp3) is 0.217. The Morgan fingerprint density at radius 2 is 1.90 bits per heavy atom. The highest BCUT2D eigenvalue weighted by Gasteiger charge is 2.06. The molecule has 0 unspecified atom stereocenters. The van der Waals surface area contributed by atoms with Crippen molar-refractivity contribution in [3.8, 4) is 11.6 Å². The van der Waals surface area contributed by atoms with E-state index in [-0.39, 0.29) is 5.91 Å². The van der Waals surface area contributed by atoms with Gasteiger partial charge in [-0.1, -0.05) is 41.9 Å². The molecule has 0 aliphatic rings. The van der Waals surface area contributed by atoms with Gasteiger partial charge in [-0.3, -0.25) is 4.79 Å². The molecule has 0 aliphatic heterocycles. The summed E-state index contributed by atoms with van der Waals surface area (Å²) in [6.45, 7) is 1.32. The second kappa shape index (κ2) is 11.1. The summed E-state index contributed by atoms with van der Waals surface area (Å²) in [5.41, 5.74) is 2.75. The van der Waals surface area contributed by atoms with E-state index < -0.39 is 0 Å². The number of halogens is 1. The van der Waals surface area contributed by atoms with Gasteiger partial charge in [0.25, 0.3) is 0 Å². The summed E-state index contributed by atoms with van der Waals surface area (Å²) in [5, 5.41) is 6.68. The zero-order chi connectivity index (χ0) is 21.2. The van der Waals surface area contributed by atoms with Gasteiger partial charge in [0.05, 0.1) is 12.8 Å². The molecule has 1 aromatic heterocycles. The van der Waals surface area contributed by atoms with Crippen LogP contribution < -0.4 is 20.1 Å². The van der Waals surface area contributed by atoms with Crippen molar-refractivity contribution in [2.24, 2.45) is 0 Å². The van der Waals surface area contributed by atoms with Crippen LogP contribution in [0.1, 0.15) is 17.5 Å². The molecule has 0 radical (unpaired) electrons. The Kier molecular flexibility index (Phi) is 7.92. The van der Waals surface area contributed by atoms with E-state index >= 15 is 0 Å². The number of nitrogens with one attached hydrogen (secondary N) is 2. The van der Waals surface area contributed by atoms with Crippen molar-refractivity contribution in [2.75, 3.05) is 19.0 Å². The maximum atomic E-state index is 12.2. The Balaban J connectivity index is 1.43. The largest absolute Gasteiger partial charge is 0.495 e. The lowest BCUT2D eigenvalue weighted by molar-refractivity contribution is -0.121. The Bertz CT molecular complexity index is 967. The van der Waals surface area contributed by atoms with Gasteiger partial charge in [0.1, 0.15) is 12.4 Å². The second-order valence-electron chi connectivity index (χ2n) is 6.57. The topological polar surface area (TPSA) is 72.5 Å². The predicted octanol–water partition coefficient (Wildman–Crippen LogP) is 4.44. The molecule has 1 amide bonds. The van der Waals surface area contributed by atoms with Crippen molar-refractivity contribution in [1.29, 1.82) is 0 Å². The summed E-state index contributed by atoms with van der Waals surface area (Å²) in [4.78, 5) is 16.4. The molecule has 30 heavy (non-hydrogen) atoms. The SMILES string of the molecule is COc1ccc(Cl)cc1NCCC(=O)NCc1ccnc(OCc2ccccc2)c1. The number of carbonyl (C=O) groups is 1. The minimum Gasteiger partial charge on any atom is -0.495 e. The van der Waals surface area contributed by atoms with Crippen LogP contribution in [0.5, 0.6) is 11.6 Å². The number of hydrogen-bond acceptors (Lipinski definition) is 5. The van der Waals surface area contributed by atoms with Crippen LogP contribution in [0.4, 0.5) is 5.69 Å². The number of amides is 1. The summed E-state index contributed by atoms with van der Waals surface area (Å²) >= 11 is 6.01. The molecule has 3 rings (SSSR count). The summed E-state index contributed by atoms with van der Waals surface area (Å²) in [5.74, 6) is 1.15. The highest BCUT2D eigenvalue weighted by Crippen LogP contribution is 2.27. The van der Waals surface area contributed by atoms with Gasteiger partial charge in [-0.15, -0.1) is 0 Å². The number of anilines is 1. The van der Waals surface area contributed by atoms with Gasteiger partial charge in [-0.2, -0.15) is 0 Å². The van der Waals surface area contributed by atoms with Crippen molar-refractivity contribution in [3.63, 3.8) is 0 Å². The third-order valence-electron chi connectivity index (χ3n) is 4.35. The van der Waals surface area contributed by atoms with Gasteiger partial charge < -0.3 is 20.1 Å². The fourth-order valence-electron chi connectivity index (χ4n) is 2.79. The average Bonchev–Trinajstić information content (AvgIpc) is 2.77. The molecular formula is C23H24ClN3O3. The van der Waals surface area contributed by atoms with Crippen LogP contribution in [0.25, 0.3) is 0 Å². The summed E-state index contributed by atoms with van der Waals surface area (Å²) < 4.78 is 11.0. The van der Waals surface area contributed by atoms with E-state index in [9.17, 15) is 4.79 Å². The number of pyridine rings is 1. The van der Waals surface area contributed by atoms with Crippen molar-refractivity contribution in [3.05, 3.63) is 83.0 Å². The van der Waals surface area contributed by atoms with Crippen LogP contribution in [0.15, 0.2) is 66.9 Å². The van der Waals surface area contributed by atoms with Gasteiger partial charge in [-0.25, -0.2) is 4.98 Å². The number of aromatic nitrogens is 1. The van der Waals surface area contributed by atoms with Crippen LogP contribution in [0.2, 0.25) is 5.02 Å². The van der Waals surface area contributed by atoms with Gasteiger partial charge in [0.2, 0.25) is 11.8 Å². The number of benzene rings is 2. The number of methoxy groups -OCH3 is 1. The van der Waals surface area contributed by atoms with Gasteiger partial charge in [-0.05, 0) is 35.4 Å². The van der Waals surface area contributed by atoms with Crippen LogP contribution in [0.3, 0.4) is 0 Å². The molecule has 0 bridgehead atoms. The van der Waals surface area contributed by atoms with E-state index in [1.807, 2.05) is 42.5 Å². The van der Waals surface area contributed by atoms with Gasteiger partial charge >= 0.3 is 0 Å². The molecule has 3 aromatic rings. The van der Waals surface area contributed by atoms with E-state index in [2.05, 4.69) is 15.6 Å². The molecule has 0 aliphatic carbocycles. The Labute approximate surface area is 181 Å². The lowest BCUT2D eigenvalue weighted by Gasteiger charge is -2.12. The average molecular weight is 426 g/mol. The predicted molar refractivity (Wildman–Crippen MR) is 118 cm³/mol. The molecule has 7 heteroatoms. The number of ether oxygens (including phenoxy) is 2. The number of carbonyl (C=O) groups excluding carboxylic acids is 1. The molecule has 0 saturated heterocycles. The first-order valence-corrected chi connectivity index (χ1v) is 9.97. The van der Waals surface area contributed by atoms with Crippen LogP contribution in [-0.2, 0) is 17.9 Å². The summed E-state index contributed by atoms with van der Waals surface area (Å²) in [7, 11) is 1.59. The smallest absolute Gasteiger partial charge is 0.222 e. The van der Waals surface area contributed by atoms with Crippen LogP contribution in [0, 0.1) is 0 Å². The van der Waals surface area contributed by atoms with E-state index in [1.54, 1.807) is 31.5 Å². The molecule has 156 valence electrons. The third kappa shape index (κ3) is 6.67. The molecule has 0 saturated carbocycles. The first-order chi connectivity index (χ1) is 14.6. The van der Waals surface area contributed by atoms with Crippen molar-refractivity contribution in [1.82, 2.24) is 10.3 Å². The quantitative estimate of drug-likeness (QED) is 0.502. The number of rotatable bonds is 10. The van der Waals surface area contributed by atoms with Crippen LogP contribution >= 0.6 is 11.6 Å². The zero-order valence-corrected chi connectivity index (χ0v) is 17.5. The van der Waals surface area contributed by atoms with Crippen molar-refractivity contribution in [2.45, 2.75) is 19.6 Å². The monoisotopic (exact) mass is 425 g/mol. The summed E-state index contributed by atoms with van der Waals surface area (Å²) in [6.07, 6.45) is 1.99. The molecule has 0 spiro atoms. The Hall–Kier alpha value is -3.25.